The van der Waals surface area contributed by atoms with Gasteiger partial charge in [-0.15, -0.1) is 0 Å². The monoisotopic (exact) mass is 535 g/mol. The molecule has 0 rings (SSSR count). The first-order valence-corrected chi connectivity index (χ1v) is 11.7. The molecule has 0 radical (unpaired) electrons. The molecule has 1 atom stereocenters. The minimum atomic E-state index is -6.86. The van der Waals surface area contributed by atoms with E-state index in [9.17, 15) is 57.6 Å². The van der Waals surface area contributed by atoms with Crippen LogP contribution in [-0.4, -0.2) is 69.5 Å². The fraction of sp³-hybridized carbons (Fsp3) is 0.667. The molecule has 0 aliphatic rings. The zero-order valence-corrected chi connectivity index (χ0v) is 18.4. The maximum absolute atomic E-state index is 12.7. The molecule has 0 saturated heterocycles. The Morgan fingerprint density at radius 3 is 1.88 bits per heavy atom. The van der Waals surface area contributed by atoms with E-state index in [-0.39, 0.29) is 13.2 Å². The molecule has 0 bridgehead atoms. The topological polar surface area (TPSA) is 150 Å². The molecule has 18 heteroatoms. The van der Waals surface area contributed by atoms with Gasteiger partial charge in [0.15, 0.2) is 4.58 Å². The summed E-state index contributed by atoms with van der Waals surface area (Å²) in [6.45, 7) is 3.41. The predicted molar refractivity (Wildman–Crippen MR) is 97.3 cm³/mol. The normalized spacial score (nSPS) is 13.8. The molecule has 0 spiro atoms. The summed E-state index contributed by atoms with van der Waals surface area (Å²) in [5, 5.41) is 2.21. The van der Waals surface area contributed by atoms with E-state index < -0.39 is 78.5 Å². The second-order valence-corrected chi connectivity index (χ2v) is 10.7. The van der Waals surface area contributed by atoms with Gasteiger partial charge in [0.1, 0.15) is 12.7 Å². The number of carbonyl (C=O) groups excluding carboxylic acids is 3. The lowest BCUT2D eigenvalue weighted by Gasteiger charge is -2.23. The Balaban J connectivity index is 5.06. The Morgan fingerprint density at radius 1 is 0.970 bits per heavy atom. The number of ether oxygens (including phenoxy) is 2. The highest BCUT2D eigenvalue weighted by Crippen LogP contribution is 2.38. The Morgan fingerprint density at radius 2 is 1.45 bits per heavy atom. The smallest absolute Gasteiger partial charge is 0.463 e. The molecule has 0 fully saturated rings. The minimum absolute atomic E-state index is 0.157. The molecule has 1 unspecified atom stereocenters. The van der Waals surface area contributed by atoms with E-state index in [4.69, 9.17) is 0 Å². The van der Waals surface area contributed by atoms with E-state index in [2.05, 4.69) is 21.4 Å². The summed E-state index contributed by atoms with van der Waals surface area (Å²) in [6.07, 6.45) is -4.31. The van der Waals surface area contributed by atoms with Crippen molar-refractivity contribution in [2.75, 3.05) is 13.2 Å². The average molecular weight is 535 g/mol. The average Bonchev–Trinajstić information content (AvgIpc) is 2.65. The van der Waals surface area contributed by atoms with Gasteiger partial charge in [0.2, 0.25) is 5.91 Å². The lowest BCUT2D eigenvalue weighted by molar-refractivity contribution is -0.149. The minimum Gasteiger partial charge on any atom is -0.463 e. The third kappa shape index (κ3) is 9.18. The number of amides is 1. The zero-order valence-electron chi connectivity index (χ0n) is 16.7. The standard InChI is InChI=1S/C15H19F6NO9S2/c1-3-11(24)30-7-6-22-10(23)4-5-12(25)31-9(2)8-13(32(26,27)14(16,17)18)33(28,29)15(19,20)21/h3,9,13H,1,4-8H2,2H3,(H,22,23). The molecule has 0 aliphatic carbocycles. The number of sulfone groups is 2. The number of carbonyl (C=O) groups is 3. The predicted octanol–water partition coefficient (Wildman–Crippen LogP) is 1.13. The molecule has 1 amide bonds. The van der Waals surface area contributed by atoms with Crippen LogP contribution in [0.15, 0.2) is 12.7 Å². The van der Waals surface area contributed by atoms with Crippen molar-refractivity contribution < 1.29 is 67.0 Å². The Hall–Kier alpha value is -2.37. The third-order valence-electron chi connectivity index (χ3n) is 3.59. The van der Waals surface area contributed by atoms with Gasteiger partial charge in [-0.3, -0.25) is 9.59 Å². The number of hydrogen-bond acceptors (Lipinski definition) is 9. The zero-order chi connectivity index (χ0) is 26.3. The van der Waals surface area contributed by atoms with Gasteiger partial charge in [-0.1, -0.05) is 6.58 Å². The molecule has 0 aromatic heterocycles. The number of alkyl halides is 6. The van der Waals surface area contributed by atoms with E-state index in [1.165, 1.54) is 0 Å². The highest BCUT2D eigenvalue weighted by atomic mass is 32.3. The molecule has 0 aromatic rings. The lowest BCUT2D eigenvalue weighted by Crippen LogP contribution is -2.46. The molecule has 0 heterocycles. The number of halogens is 6. The van der Waals surface area contributed by atoms with E-state index in [1.807, 2.05) is 0 Å². The molecule has 0 aromatic carbocycles. The first-order chi connectivity index (χ1) is 14.8. The van der Waals surface area contributed by atoms with Crippen LogP contribution in [0, 0.1) is 0 Å². The number of nitrogens with one attached hydrogen (secondary N) is 1. The summed E-state index contributed by atoms with van der Waals surface area (Å²) < 4.78 is 127. The van der Waals surface area contributed by atoms with Crippen molar-refractivity contribution in [3.05, 3.63) is 12.7 Å². The second kappa shape index (κ2) is 11.7. The third-order valence-corrected chi connectivity index (χ3v) is 8.17. The van der Waals surface area contributed by atoms with Crippen molar-refractivity contribution in [3.8, 4) is 0 Å². The summed E-state index contributed by atoms with van der Waals surface area (Å²) in [4.78, 5) is 34.0. The van der Waals surface area contributed by atoms with E-state index in [0.29, 0.717) is 6.92 Å². The Kier molecular flexibility index (Phi) is 10.8. The van der Waals surface area contributed by atoms with Crippen LogP contribution in [0.5, 0.6) is 0 Å². The molecule has 1 N–H and O–H groups in total. The first kappa shape index (κ1) is 30.6. The van der Waals surface area contributed by atoms with Crippen molar-refractivity contribution >= 4 is 37.5 Å². The second-order valence-electron chi connectivity index (χ2n) is 6.17. The molecule has 0 saturated carbocycles. The SMILES string of the molecule is C=CC(=O)OCCNC(=O)CCC(=O)OC(C)CC(S(=O)(=O)C(F)(F)F)S(=O)(=O)C(F)(F)F. The van der Waals surface area contributed by atoms with Gasteiger partial charge < -0.3 is 14.8 Å². The van der Waals surface area contributed by atoms with Crippen LogP contribution in [-0.2, 0) is 43.5 Å². The number of rotatable bonds is 12. The Labute approximate surface area is 184 Å². The fourth-order valence-corrected chi connectivity index (χ4v) is 5.66. The van der Waals surface area contributed by atoms with Gasteiger partial charge in [-0.2, -0.15) is 26.3 Å². The maximum Gasteiger partial charge on any atom is 0.498 e. The van der Waals surface area contributed by atoms with Crippen molar-refractivity contribution in [2.24, 2.45) is 0 Å². The van der Waals surface area contributed by atoms with Crippen LogP contribution in [0.4, 0.5) is 26.3 Å². The van der Waals surface area contributed by atoms with Crippen molar-refractivity contribution in [1.82, 2.24) is 5.32 Å². The molecule has 192 valence electrons. The van der Waals surface area contributed by atoms with E-state index in [0.717, 1.165) is 6.08 Å². The highest BCUT2D eigenvalue weighted by molar-refractivity contribution is 8.09. The summed E-state index contributed by atoms with van der Waals surface area (Å²) in [5.74, 6) is -2.87. The maximum atomic E-state index is 12.7. The molecule has 10 nitrogen and oxygen atoms in total. The highest BCUT2D eigenvalue weighted by Gasteiger charge is 2.63. The quantitative estimate of drug-likeness (QED) is 0.168. The van der Waals surface area contributed by atoms with Gasteiger partial charge in [-0.25, -0.2) is 21.6 Å². The van der Waals surface area contributed by atoms with Gasteiger partial charge in [0.05, 0.1) is 13.0 Å². The van der Waals surface area contributed by atoms with E-state index >= 15 is 0 Å². The van der Waals surface area contributed by atoms with Crippen LogP contribution < -0.4 is 5.32 Å². The van der Waals surface area contributed by atoms with Gasteiger partial charge >= 0.3 is 23.0 Å². The molecular weight excluding hydrogens is 516 g/mol. The van der Waals surface area contributed by atoms with Crippen LogP contribution >= 0.6 is 0 Å². The summed E-state index contributed by atoms with van der Waals surface area (Å²) >= 11 is 0. The number of hydrogen-bond donors (Lipinski definition) is 1. The molecule has 0 aliphatic heterocycles. The van der Waals surface area contributed by atoms with Crippen molar-refractivity contribution in [2.45, 2.75) is 47.9 Å². The van der Waals surface area contributed by atoms with Crippen molar-refractivity contribution in [1.29, 1.82) is 0 Å². The summed E-state index contributed by atoms with van der Waals surface area (Å²) in [6, 6.07) is 0. The van der Waals surface area contributed by atoms with Crippen LogP contribution in [0.1, 0.15) is 26.2 Å². The molecule has 33 heavy (non-hydrogen) atoms. The van der Waals surface area contributed by atoms with Crippen LogP contribution in [0.3, 0.4) is 0 Å². The van der Waals surface area contributed by atoms with Crippen LogP contribution in [0.25, 0.3) is 0 Å². The fourth-order valence-electron chi connectivity index (χ4n) is 2.03. The van der Waals surface area contributed by atoms with Crippen LogP contribution in [0.2, 0.25) is 0 Å². The molecular formula is C15H19F6NO9S2. The van der Waals surface area contributed by atoms with Gasteiger partial charge in [0.25, 0.3) is 19.7 Å². The van der Waals surface area contributed by atoms with Gasteiger partial charge in [-0.05, 0) is 6.92 Å². The first-order valence-electron chi connectivity index (χ1n) is 8.63. The number of esters is 2. The van der Waals surface area contributed by atoms with Crippen molar-refractivity contribution in [3.63, 3.8) is 0 Å². The largest absolute Gasteiger partial charge is 0.498 e. The Bertz CT molecular complexity index is 898. The summed E-state index contributed by atoms with van der Waals surface area (Å²) in [5.41, 5.74) is -12.7. The summed E-state index contributed by atoms with van der Waals surface area (Å²) in [7, 11) is -13.7. The van der Waals surface area contributed by atoms with Gasteiger partial charge in [0, 0.05) is 18.9 Å². The van der Waals surface area contributed by atoms with E-state index in [1.54, 1.807) is 0 Å². The lowest BCUT2D eigenvalue weighted by atomic mass is 10.3.